The molecule has 0 nitrogen and oxygen atoms in total. The molecule has 0 aromatic carbocycles. The second-order valence-corrected chi connectivity index (χ2v) is 8.02. The first-order valence-electron chi connectivity index (χ1n) is 5.50. The van der Waals surface area contributed by atoms with Crippen molar-refractivity contribution >= 4 is 74.9 Å². The summed E-state index contributed by atoms with van der Waals surface area (Å²) in [5.41, 5.74) is 0. The summed E-state index contributed by atoms with van der Waals surface area (Å²) in [4.78, 5) is 3.45. The van der Waals surface area contributed by atoms with Gasteiger partial charge in [-0.05, 0) is 12.2 Å². The van der Waals surface area contributed by atoms with E-state index in [0.717, 1.165) is 37.5 Å². The SMILES string of the molecule is C/C([S-])=C(/[S-])CC(C)SCCS.C/C([S-])=C(\C)[S-].[Ni]. The van der Waals surface area contributed by atoms with E-state index in [1.54, 1.807) is 0 Å². The van der Waals surface area contributed by atoms with E-state index in [-0.39, 0.29) is 16.5 Å². The number of allylic oxidation sites excluding steroid dienone is 4. The Bertz CT molecular complexity index is 266. The Morgan fingerprint density at radius 3 is 1.68 bits per heavy atom. The van der Waals surface area contributed by atoms with Crippen LogP contribution in [0, 0.1) is 0 Å². The van der Waals surface area contributed by atoms with E-state index < -0.39 is 0 Å². The number of rotatable bonds is 5. The van der Waals surface area contributed by atoms with E-state index in [0.29, 0.717) is 5.25 Å². The Morgan fingerprint density at radius 2 is 1.42 bits per heavy atom. The quantitative estimate of drug-likeness (QED) is 0.407. The monoisotopic (exact) mass is 414 g/mol. The van der Waals surface area contributed by atoms with Crippen LogP contribution in [-0.4, -0.2) is 16.8 Å². The van der Waals surface area contributed by atoms with Crippen LogP contribution >= 0.6 is 24.4 Å². The first kappa shape index (κ1) is 25.5. The van der Waals surface area contributed by atoms with Gasteiger partial charge in [-0.15, -0.1) is 0 Å². The van der Waals surface area contributed by atoms with Crippen LogP contribution in [0.15, 0.2) is 19.6 Å². The van der Waals surface area contributed by atoms with Crippen molar-refractivity contribution in [3.63, 3.8) is 0 Å². The molecule has 0 bridgehead atoms. The van der Waals surface area contributed by atoms with Gasteiger partial charge in [-0.25, -0.2) is 19.6 Å². The summed E-state index contributed by atoms with van der Waals surface area (Å²) in [6.07, 6.45) is 0.934. The third kappa shape index (κ3) is 19.6. The topological polar surface area (TPSA) is 0 Å². The van der Waals surface area contributed by atoms with Crippen molar-refractivity contribution in [3.05, 3.63) is 19.6 Å². The fourth-order valence-corrected chi connectivity index (χ4v) is 2.26. The van der Waals surface area contributed by atoms with Crippen LogP contribution in [0.25, 0.3) is 0 Å². The van der Waals surface area contributed by atoms with E-state index in [2.05, 4.69) is 44.8 Å². The van der Waals surface area contributed by atoms with Crippen LogP contribution in [0.1, 0.15) is 34.1 Å². The number of hydrogen-bond acceptors (Lipinski definition) is 6. The van der Waals surface area contributed by atoms with Crippen molar-refractivity contribution in [2.45, 2.75) is 39.4 Å². The molecular formula is C12H20NiS6-4. The fourth-order valence-electron chi connectivity index (χ4n) is 0.718. The Morgan fingerprint density at radius 1 is 1.00 bits per heavy atom. The molecule has 0 spiro atoms. The Balaban J connectivity index is -0.000000313. The number of thiol groups is 1. The molecule has 0 amide bonds. The van der Waals surface area contributed by atoms with Gasteiger partial charge in [0.2, 0.25) is 0 Å². The zero-order valence-electron chi connectivity index (χ0n) is 11.5. The molecule has 0 fully saturated rings. The summed E-state index contributed by atoms with van der Waals surface area (Å²) >= 11 is 25.5. The maximum absolute atomic E-state index is 5.13. The smallest absolute Gasteiger partial charge is 0.00388 e. The zero-order chi connectivity index (χ0) is 14.7. The van der Waals surface area contributed by atoms with Gasteiger partial charge in [0, 0.05) is 27.5 Å². The molecule has 1 atom stereocenters. The summed E-state index contributed by atoms with van der Waals surface area (Å²) in [6, 6.07) is 0. The van der Waals surface area contributed by atoms with Gasteiger partial charge in [-0.1, -0.05) is 27.7 Å². The zero-order valence-corrected chi connectivity index (χ0v) is 17.5. The standard InChI is InChI=1S/C8H16S4.C4H8S2.Ni/c1-6(12-4-3-9)5-8(11)7(2)10;1-3(5)4(2)6;/h6,9-11H,3-5H2,1-2H3;5-6H,1-2H3;/p-4/b8-7-;4-3-;. The molecular weight excluding hydrogens is 395 g/mol. The minimum absolute atomic E-state index is 0. The van der Waals surface area contributed by atoms with Gasteiger partial charge in [-0.2, -0.15) is 24.4 Å². The number of hydrogen-bond donors (Lipinski definition) is 1. The average Bonchev–Trinajstić information content (AvgIpc) is 2.26. The second kappa shape index (κ2) is 15.9. The fraction of sp³-hybridized carbons (Fsp3) is 0.667. The molecule has 0 radical (unpaired) electrons. The van der Waals surface area contributed by atoms with E-state index in [4.69, 9.17) is 25.3 Å². The van der Waals surface area contributed by atoms with Gasteiger partial charge in [0.1, 0.15) is 0 Å². The molecule has 7 heteroatoms. The molecule has 0 aliphatic carbocycles. The molecule has 0 aliphatic heterocycles. The van der Waals surface area contributed by atoms with Crippen LogP contribution in [0.2, 0.25) is 0 Å². The molecule has 0 saturated heterocycles. The van der Waals surface area contributed by atoms with Crippen molar-refractivity contribution in [1.29, 1.82) is 0 Å². The predicted molar refractivity (Wildman–Crippen MR) is 101 cm³/mol. The van der Waals surface area contributed by atoms with Crippen molar-refractivity contribution in [1.82, 2.24) is 0 Å². The average molecular weight is 415 g/mol. The maximum Gasteiger partial charge on any atom is 0.00388 e. The molecule has 0 heterocycles. The molecule has 19 heavy (non-hydrogen) atoms. The van der Waals surface area contributed by atoms with Crippen LogP contribution < -0.4 is 0 Å². The molecule has 118 valence electrons. The first-order valence-corrected chi connectivity index (χ1v) is 8.81. The van der Waals surface area contributed by atoms with E-state index in [1.165, 1.54) is 0 Å². The third-order valence-corrected chi connectivity index (χ3v) is 5.15. The Labute approximate surface area is 160 Å². The van der Waals surface area contributed by atoms with Gasteiger partial charge in [0.15, 0.2) is 0 Å². The molecule has 0 saturated carbocycles. The van der Waals surface area contributed by atoms with Gasteiger partial charge in [0.05, 0.1) is 0 Å². The molecule has 0 rings (SSSR count). The third-order valence-electron chi connectivity index (χ3n) is 1.85. The summed E-state index contributed by atoms with van der Waals surface area (Å²) in [7, 11) is 0. The Kier molecular flexibility index (Phi) is 21.4. The minimum Gasteiger partial charge on any atom is -0.786 e. The van der Waals surface area contributed by atoms with Gasteiger partial charge in [0.25, 0.3) is 0 Å². The van der Waals surface area contributed by atoms with E-state index in [9.17, 15) is 0 Å². The Hall–Kier alpha value is 1.55. The van der Waals surface area contributed by atoms with Gasteiger partial charge >= 0.3 is 0 Å². The van der Waals surface area contributed by atoms with E-state index >= 15 is 0 Å². The molecule has 0 aliphatic rings. The number of thioether (sulfide) groups is 1. The minimum atomic E-state index is 0. The molecule has 0 N–H and O–H groups in total. The van der Waals surface area contributed by atoms with Gasteiger partial charge in [-0.3, -0.25) is 0 Å². The van der Waals surface area contributed by atoms with Crippen molar-refractivity contribution in [3.8, 4) is 0 Å². The van der Waals surface area contributed by atoms with Crippen LogP contribution in [0.3, 0.4) is 0 Å². The predicted octanol–water partition coefficient (Wildman–Crippen LogP) is 4.08. The van der Waals surface area contributed by atoms with Crippen molar-refractivity contribution < 1.29 is 16.5 Å². The molecule has 1 unspecified atom stereocenters. The van der Waals surface area contributed by atoms with Crippen molar-refractivity contribution in [2.24, 2.45) is 0 Å². The first-order chi connectivity index (χ1) is 8.22. The molecule has 0 aromatic rings. The summed E-state index contributed by atoms with van der Waals surface area (Å²) in [6.45, 7) is 7.74. The van der Waals surface area contributed by atoms with Crippen LogP contribution in [-0.2, 0) is 67.0 Å². The summed E-state index contributed by atoms with van der Waals surface area (Å²) in [5.74, 6) is 2.02. The van der Waals surface area contributed by atoms with Crippen LogP contribution in [0.5, 0.6) is 0 Å². The summed E-state index contributed by atoms with van der Waals surface area (Å²) in [5, 5.41) is 0.572. The summed E-state index contributed by atoms with van der Waals surface area (Å²) < 4.78 is 0. The maximum atomic E-state index is 5.13. The largest absolute Gasteiger partial charge is 0.786 e. The molecule has 0 aromatic heterocycles. The van der Waals surface area contributed by atoms with Crippen LogP contribution in [0.4, 0.5) is 0 Å². The van der Waals surface area contributed by atoms with Crippen molar-refractivity contribution in [2.75, 3.05) is 11.5 Å². The van der Waals surface area contributed by atoms with E-state index in [1.807, 2.05) is 32.5 Å². The second-order valence-electron chi connectivity index (χ2n) is 3.70. The van der Waals surface area contributed by atoms with Gasteiger partial charge < -0.3 is 50.5 Å². The normalized spacial score (nSPS) is 14.2.